The molecular formula is C44H34N2O3. The van der Waals surface area contributed by atoms with E-state index in [1.807, 2.05) is 26.0 Å². The fraction of sp³-hybridized carbons (Fsp3) is 0.0909. The molecule has 238 valence electrons. The molecule has 0 bridgehead atoms. The average Bonchev–Trinajstić information content (AvgIpc) is 3.76. The van der Waals surface area contributed by atoms with Crippen LogP contribution in [0.25, 0.3) is 76.9 Å². The number of ether oxygens (including phenoxy) is 2. The van der Waals surface area contributed by atoms with Gasteiger partial charge in [-0.1, -0.05) is 49.6 Å². The predicted molar refractivity (Wildman–Crippen MR) is 203 cm³/mol. The van der Waals surface area contributed by atoms with Gasteiger partial charge in [-0.05, 0) is 110 Å². The van der Waals surface area contributed by atoms with Gasteiger partial charge in [0.15, 0.2) is 0 Å². The van der Waals surface area contributed by atoms with Crippen molar-refractivity contribution in [1.82, 2.24) is 9.13 Å². The molecule has 9 rings (SSSR count). The Labute approximate surface area is 283 Å². The van der Waals surface area contributed by atoms with E-state index in [1.54, 1.807) is 0 Å². The van der Waals surface area contributed by atoms with Crippen molar-refractivity contribution in [3.05, 3.63) is 146 Å². The molecule has 0 fully saturated rings. The van der Waals surface area contributed by atoms with E-state index in [9.17, 15) is 0 Å². The van der Waals surface area contributed by atoms with Crippen molar-refractivity contribution in [2.45, 2.75) is 13.8 Å². The Hall–Kier alpha value is -6.20. The van der Waals surface area contributed by atoms with Crippen LogP contribution in [0.4, 0.5) is 0 Å². The number of benzene rings is 6. The second-order valence-corrected chi connectivity index (χ2v) is 13.0. The maximum atomic E-state index is 6.41. The standard InChI is InChI=1S/C44H34N2O3/c1-27(2)25-47-31-15-17-41-35(23-31)33-9-5-7-11-39(33)45(41)29-13-19-43-37(21-29)38-22-30(14-20-44(38)49-43)46-40-12-8-6-10-34(40)36-24-32(16-18-42(36)46)48-26-28(3)4/h5-24H,1,3,25-26H2,2,4H3. The molecular weight excluding hydrogens is 604 g/mol. The van der Waals surface area contributed by atoms with Crippen molar-refractivity contribution in [1.29, 1.82) is 0 Å². The van der Waals surface area contributed by atoms with Gasteiger partial charge in [-0.2, -0.15) is 0 Å². The van der Waals surface area contributed by atoms with E-state index in [1.165, 1.54) is 10.8 Å². The summed E-state index contributed by atoms with van der Waals surface area (Å²) in [4.78, 5) is 0. The lowest BCUT2D eigenvalue weighted by atomic mass is 10.1. The van der Waals surface area contributed by atoms with Gasteiger partial charge in [0.05, 0.1) is 22.1 Å². The van der Waals surface area contributed by atoms with E-state index in [0.29, 0.717) is 13.2 Å². The van der Waals surface area contributed by atoms with Gasteiger partial charge in [0.25, 0.3) is 0 Å². The topological polar surface area (TPSA) is 41.5 Å². The molecule has 0 aliphatic carbocycles. The summed E-state index contributed by atoms with van der Waals surface area (Å²) < 4.78 is 23.1. The van der Waals surface area contributed by atoms with Crippen molar-refractivity contribution >= 4 is 65.6 Å². The number of fused-ring (bicyclic) bond motifs is 9. The minimum absolute atomic E-state index is 0.496. The summed E-state index contributed by atoms with van der Waals surface area (Å²) in [5, 5.41) is 6.79. The second-order valence-electron chi connectivity index (χ2n) is 13.0. The first-order valence-corrected chi connectivity index (χ1v) is 16.5. The molecule has 5 nitrogen and oxygen atoms in total. The SMILES string of the molecule is C=C(C)COc1ccc2c(c1)c1ccccc1n2-c1ccc2oc3ccc(-n4c5ccccc5c5cc(OCC(=C)C)ccc54)cc3c2c1. The highest BCUT2D eigenvalue weighted by atomic mass is 16.5. The number of hydrogen-bond donors (Lipinski definition) is 0. The number of nitrogens with zero attached hydrogens (tertiary/aromatic N) is 2. The third kappa shape index (κ3) is 4.77. The zero-order valence-corrected chi connectivity index (χ0v) is 27.5. The maximum Gasteiger partial charge on any atom is 0.135 e. The Morgan fingerprint density at radius 1 is 0.490 bits per heavy atom. The van der Waals surface area contributed by atoms with E-state index >= 15 is 0 Å². The molecule has 0 unspecified atom stereocenters. The van der Waals surface area contributed by atoms with Gasteiger partial charge in [0.1, 0.15) is 35.9 Å². The van der Waals surface area contributed by atoms with Gasteiger partial charge in [0, 0.05) is 43.7 Å². The normalized spacial score (nSPS) is 11.8. The molecule has 0 aliphatic rings. The highest BCUT2D eigenvalue weighted by Gasteiger charge is 2.18. The molecule has 49 heavy (non-hydrogen) atoms. The lowest BCUT2D eigenvalue weighted by molar-refractivity contribution is 0.353. The first kappa shape index (κ1) is 29.0. The molecule has 0 saturated heterocycles. The summed E-state index contributed by atoms with van der Waals surface area (Å²) in [7, 11) is 0. The largest absolute Gasteiger partial charge is 0.489 e. The molecule has 9 aromatic rings. The summed E-state index contributed by atoms with van der Waals surface area (Å²) in [6.45, 7) is 12.9. The third-order valence-electron chi connectivity index (χ3n) is 9.21. The van der Waals surface area contributed by atoms with Gasteiger partial charge in [0.2, 0.25) is 0 Å². The zero-order valence-electron chi connectivity index (χ0n) is 27.5. The van der Waals surface area contributed by atoms with E-state index in [2.05, 4.69) is 131 Å². The Morgan fingerprint density at radius 3 is 1.37 bits per heavy atom. The average molecular weight is 639 g/mol. The van der Waals surface area contributed by atoms with E-state index in [-0.39, 0.29) is 0 Å². The highest BCUT2D eigenvalue weighted by Crippen LogP contribution is 2.39. The monoisotopic (exact) mass is 638 g/mol. The smallest absolute Gasteiger partial charge is 0.135 e. The Kier molecular flexibility index (Phi) is 6.63. The first-order chi connectivity index (χ1) is 23.9. The number of hydrogen-bond acceptors (Lipinski definition) is 3. The number of aromatic nitrogens is 2. The van der Waals surface area contributed by atoms with Crippen LogP contribution in [-0.4, -0.2) is 22.3 Å². The van der Waals surface area contributed by atoms with Crippen molar-refractivity contribution in [2.75, 3.05) is 13.2 Å². The van der Waals surface area contributed by atoms with Crippen LogP contribution in [0, 0.1) is 0 Å². The van der Waals surface area contributed by atoms with Gasteiger partial charge >= 0.3 is 0 Å². The van der Waals surface area contributed by atoms with Gasteiger partial charge < -0.3 is 23.0 Å². The molecule has 3 heterocycles. The summed E-state index contributed by atoms with van der Waals surface area (Å²) in [6.07, 6.45) is 0. The van der Waals surface area contributed by atoms with Crippen LogP contribution in [0.15, 0.2) is 150 Å². The van der Waals surface area contributed by atoms with E-state index < -0.39 is 0 Å². The van der Waals surface area contributed by atoms with Crippen LogP contribution in [0.1, 0.15) is 13.8 Å². The fourth-order valence-electron chi connectivity index (χ4n) is 7.08. The van der Waals surface area contributed by atoms with Crippen LogP contribution >= 0.6 is 0 Å². The van der Waals surface area contributed by atoms with Crippen LogP contribution in [0.3, 0.4) is 0 Å². The second kappa shape index (κ2) is 11.2. The minimum Gasteiger partial charge on any atom is -0.489 e. The summed E-state index contributed by atoms with van der Waals surface area (Å²) in [5.74, 6) is 1.67. The number of furan rings is 1. The lowest BCUT2D eigenvalue weighted by Crippen LogP contribution is -1.97. The minimum atomic E-state index is 0.496. The summed E-state index contributed by atoms with van der Waals surface area (Å²) in [6, 6.07) is 42.7. The fourth-order valence-corrected chi connectivity index (χ4v) is 7.08. The molecule has 0 saturated carbocycles. The summed E-state index contributed by atoms with van der Waals surface area (Å²) in [5.41, 5.74) is 10.3. The third-order valence-corrected chi connectivity index (χ3v) is 9.21. The Bertz CT molecular complexity index is 2600. The quantitative estimate of drug-likeness (QED) is 0.156. The van der Waals surface area contributed by atoms with Crippen molar-refractivity contribution in [2.24, 2.45) is 0 Å². The van der Waals surface area contributed by atoms with Crippen molar-refractivity contribution < 1.29 is 13.9 Å². The molecule has 0 aliphatic heterocycles. The van der Waals surface area contributed by atoms with Crippen molar-refractivity contribution in [3.63, 3.8) is 0 Å². The predicted octanol–water partition coefficient (Wildman–Crippen LogP) is 11.7. The molecule has 0 radical (unpaired) electrons. The highest BCUT2D eigenvalue weighted by molar-refractivity contribution is 6.12. The van der Waals surface area contributed by atoms with E-state index in [4.69, 9.17) is 13.9 Å². The molecule has 0 amide bonds. The van der Waals surface area contributed by atoms with E-state index in [0.717, 1.165) is 88.8 Å². The zero-order chi connectivity index (χ0) is 33.2. The van der Waals surface area contributed by atoms with Gasteiger partial charge in [-0.15, -0.1) is 0 Å². The number of para-hydroxylation sites is 2. The maximum absolute atomic E-state index is 6.41. The number of rotatable bonds is 8. The van der Waals surface area contributed by atoms with Gasteiger partial charge in [-0.3, -0.25) is 0 Å². The molecule has 5 heteroatoms. The first-order valence-electron chi connectivity index (χ1n) is 16.5. The lowest BCUT2D eigenvalue weighted by Gasteiger charge is -2.10. The molecule has 3 aromatic heterocycles. The van der Waals surface area contributed by atoms with Gasteiger partial charge in [-0.25, -0.2) is 0 Å². The Balaban J connectivity index is 1.21. The summed E-state index contributed by atoms with van der Waals surface area (Å²) >= 11 is 0. The van der Waals surface area contributed by atoms with Crippen LogP contribution in [0.2, 0.25) is 0 Å². The van der Waals surface area contributed by atoms with Crippen LogP contribution < -0.4 is 9.47 Å². The molecule has 0 spiro atoms. The molecule has 6 aromatic carbocycles. The molecule has 0 atom stereocenters. The van der Waals surface area contributed by atoms with Crippen LogP contribution in [-0.2, 0) is 0 Å². The Morgan fingerprint density at radius 2 is 0.918 bits per heavy atom. The van der Waals surface area contributed by atoms with Crippen molar-refractivity contribution in [3.8, 4) is 22.9 Å². The molecule has 0 N–H and O–H groups in total. The van der Waals surface area contributed by atoms with Crippen LogP contribution in [0.5, 0.6) is 11.5 Å².